The van der Waals surface area contributed by atoms with Gasteiger partial charge in [0.1, 0.15) is 6.61 Å². The highest BCUT2D eigenvalue weighted by molar-refractivity contribution is 5.69. The highest BCUT2D eigenvalue weighted by atomic mass is 16.6. The zero-order chi connectivity index (χ0) is 29.2. The topological polar surface area (TPSA) is 126 Å². The largest absolute Gasteiger partial charge is 0.466 e. The Balaban J connectivity index is 3.10. The molecule has 0 radical (unpaired) electrons. The molecule has 0 rings (SSSR count). The molecule has 12 heteroatoms. The fraction of sp³-hybridized carbons (Fsp3) is 0.929. The van der Waals surface area contributed by atoms with Gasteiger partial charge in [0, 0.05) is 6.42 Å². The summed E-state index contributed by atoms with van der Waals surface area (Å²) in [6.07, 6.45) is 5.01. The Bertz CT molecular complexity index is 535. The zero-order valence-corrected chi connectivity index (χ0v) is 24.9. The van der Waals surface area contributed by atoms with Crippen LogP contribution in [0.25, 0.3) is 0 Å². The standard InChI is InChI=1S/C28H54O12/c1-3-5-6-7-8-27(29)40-26-25-38-24-23-37-22-21-36-20-19-35-18-17-34-16-15-33-14-13-32-12-11-31-10-9-28(30)39-4-2/h3-26H2,1-2H3. The van der Waals surface area contributed by atoms with E-state index < -0.39 is 0 Å². The van der Waals surface area contributed by atoms with Gasteiger partial charge in [-0.3, -0.25) is 9.59 Å². The number of ether oxygens (including phenoxy) is 10. The first kappa shape index (κ1) is 38.6. The fourth-order valence-electron chi connectivity index (χ4n) is 3.01. The second kappa shape index (κ2) is 33.8. The number of carbonyl (C=O) groups excluding carboxylic acids is 2. The first-order chi connectivity index (χ1) is 19.7. The summed E-state index contributed by atoms with van der Waals surface area (Å²) in [5, 5.41) is 0. The van der Waals surface area contributed by atoms with E-state index in [1.165, 1.54) is 0 Å². The van der Waals surface area contributed by atoms with Crippen LogP contribution in [-0.4, -0.2) is 131 Å². The number of hydrogen-bond acceptors (Lipinski definition) is 12. The lowest BCUT2D eigenvalue weighted by Gasteiger charge is -2.09. The molecule has 0 heterocycles. The van der Waals surface area contributed by atoms with E-state index in [9.17, 15) is 9.59 Å². The Labute approximate surface area is 240 Å². The Hall–Kier alpha value is -1.38. The molecule has 0 aromatic rings. The van der Waals surface area contributed by atoms with Crippen LogP contribution in [0, 0.1) is 0 Å². The minimum Gasteiger partial charge on any atom is -0.466 e. The van der Waals surface area contributed by atoms with E-state index in [2.05, 4.69) is 6.92 Å². The van der Waals surface area contributed by atoms with E-state index in [-0.39, 0.29) is 25.0 Å². The van der Waals surface area contributed by atoms with Gasteiger partial charge in [0.25, 0.3) is 0 Å². The van der Waals surface area contributed by atoms with Crippen molar-refractivity contribution in [3.63, 3.8) is 0 Å². The maximum absolute atomic E-state index is 11.5. The third-order valence-corrected chi connectivity index (χ3v) is 5.09. The van der Waals surface area contributed by atoms with Crippen molar-refractivity contribution in [1.82, 2.24) is 0 Å². The zero-order valence-electron chi connectivity index (χ0n) is 24.9. The van der Waals surface area contributed by atoms with Crippen molar-refractivity contribution < 1.29 is 57.0 Å². The molecular formula is C28H54O12. The van der Waals surface area contributed by atoms with E-state index in [0.717, 1.165) is 25.7 Å². The van der Waals surface area contributed by atoms with Gasteiger partial charge in [-0.2, -0.15) is 0 Å². The molecule has 0 aromatic heterocycles. The van der Waals surface area contributed by atoms with Crippen LogP contribution in [0.15, 0.2) is 0 Å². The molecule has 0 aromatic carbocycles. The van der Waals surface area contributed by atoms with Gasteiger partial charge in [0.15, 0.2) is 0 Å². The lowest BCUT2D eigenvalue weighted by Crippen LogP contribution is -2.15. The van der Waals surface area contributed by atoms with E-state index in [1.807, 2.05) is 0 Å². The van der Waals surface area contributed by atoms with Crippen molar-refractivity contribution in [2.75, 3.05) is 119 Å². The average molecular weight is 583 g/mol. The number of hydrogen-bond donors (Lipinski definition) is 0. The summed E-state index contributed by atoms with van der Waals surface area (Å²) in [4.78, 5) is 22.6. The SMILES string of the molecule is CCCCCCC(=O)OCCOCCOCCOCCOCCOCCOCCOCCOCCC(=O)OCC. The predicted molar refractivity (Wildman–Crippen MR) is 148 cm³/mol. The number of carbonyl (C=O) groups is 2. The normalized spacial score (nSPS) is 11.2. The van der Waals surface area contributed by atoms with Crippen molar-refractivity contribution in [2.45, 2.75) is 52.4 Å². The smallest absolute Gasteiger partial charge is 0.308 e. The molecule has 0 aliphatic carbocycles. The van der Waals surface area contributed by atoms with Crippen LogP contribution in [0.2, 0.25) is 0 Å². The van der Waals surface area contributed by atoms with E-state index in [0.29, 0.717) is 119 Å². The quantitative estimate of drug-likeness (QED) is 0.0834. The fourth-order valence-corrected chi connectivity index (χ4v) is 3.01. The van der Waals surface area contributed by atoms with Crippen LogP contribution in [0.5, 0.6) is 0 Å². The summed E-state index contributed by atoms with van der Waals surface area (Å²) in [5.74, 6) is -0.407. The molecule has 0 spiro atoms. The van der Waals surface area contributed by atoms with Gasteiger partial charge in [-0.25, -0.2) is 0 Å². The molecular weight excluding hydrogens is 528 g/mol. The molecule has 0 aliphatic rings. The van der Waals surface area contributed by atoms with Crippen molar-refractivity contribution in [3.8, 4) is 0 Å². The molecule has 0 fully saturated rings. The molecule has 0 unspecified atom stereocenters. The summed E-state index contributed by atoms with van der Waals surface area (Å²) in [6.45, 7) is 11.9. The summed E-state index contributed by atoms with van der Waals surface area (Å²) in [5.41, 5.74) is 0. The second-order valence-electron chi connectivity index (χ2n) is 8.49. The molecule has 0 amide bonds. The van der Waals surface area contributed by atoms with Crippen LogP contribution >= 0.6 is 0 Å². The monoisotopic (exact) mass is 582 g/mol. The summed E-state index contributed by atoms with van der Waals surface area (Å²) < 4.78 is 53.1. The molecule has 0 saturated carbocycles. The van der Waals surface area contributed by atoms with Crippen molar-refractivity contribution in [3.05, 3.63) is 0 Å². The van der Waals surface area contributed by atoms with Crippen molar-refractivity contribution in [1.29, 1.82) is 0 Å². The molecule has 12 nitrogen and oxygen atoms in total. The summed E-state index contributed by atoms with van der Waals surface area (Å²) in [7, 11) is 0. The minimum absolute atomic E-state index is 0.155. The molecule has 40 heavy (non-hydrogen) atoms. The highest BCUT2D eigenvalue weighted by Crippen LogP contribution is 2.03. The Kier molecular flexibility index (Phi) is 32.7. The third-order valence-electron chi connectivity index (χ3n) is 5.09. The van der Waals surface area contributed by atoms with Crippen molar-refractivity contribution in [2.24, 2.45) is 0 Å². The van der Waals surface area contributed by atoms with Crippen molar-refractivity contribution >= 4 is 11.9 Å². The van der Waals surface area contributed by atoms with Crippen LogP contribution in [0.3, 0.4) is 0 Å². The second-order valence-corrected chi connectivity index (χ2v) is 8.49. The van der Waals surface area contributed by atoms with E-state index >= 15 is 0 Å². The number of unbranched alkanes of at least 4 members (excludes halogenated alkanes) is 3. The average Bonchev–Trinajstić information content (AvgIpc) is 2.95. The van der Waals surface area contributed by atoms with E-state index in [4.69, 9.17) is 47.4 Å². The van der Waals surface area contributed by atoms with E-state index in [1.54, 1.807) is 6.92 Å². The van der Waals surface area contributed by atoms with Gasteiger partial charge >= 0.3 is 11.9 Å². The van der Waals surface area contributed by atoms with Crippen LogP contribution in [0.1, 0.15) is 52.4 Å². The third kappa shape index (κ3) is 32.8. The van der Waals surface area contributed by atoms with Gasteiger partial charge in [0.05, 0.1) is 119 Å². The summed E-state index contributed by atoms with van der Waals surface area (Å²) >= 11 is 0. The van der Waals surface area contributed by atoms with Gasteiger partial charge in [-0.1, -0.05) is 26.2 Å². The van der Waals surface area contributed by atoms with Gasteiger partial charge in [-0.15, -0.1) is 0 Å². The van der Waals surface area contributed by atoms with Crippen LogP contribution in [0.4, 0.5) is 0 Å². The lowest BCUT2D eigenvalue weighted by atomic mass is 10.2. The first-order valence-electron chi connectivity index (χ1n) is 14.6. The minimum atomic E-state index is -0.252. The maximum atomic E-state index is 11.5. The molecule has 0 saturated heterocycles. The Morgan fingerprint density at radius 2 is 0.725 bits per heavy atom. The van der Waals surface area contributed by atoms with Gasteiger partial charge in [-0.05, 0) is 13.3 Å². The van der Waals surface area contributed by atoms with Gasteiger partial charge in [0.2, 0.25) is 0 Å². The molecule has 0 bridgehead atoms. The highest BCUT2D eigenvalue weighted by Gasteiger charge is 2.02. The molecule has 0 aliphatic heterocycles. The lowest BCUT2D eigenvalue weighted by molar-refractivity contribution is -0.146. The Morgan fingerprint density at radius 3 is 1.10 bits per heavy atom. The van der Waals surface area contributed by atoms with Crippen LogP contribution in [-0.2, 0) is 57.0 Å². The van der Waals surface area contributed by atoms with Gasteiger partial charge < -0.3 is 47.4 Å². The first-order valence-corrected chi connectivity index (χ1v) is 14.6. The number of rotatable bonds is 33. The molecule has 238 valence electrons. The molecule has 0 N–H and O–H groups in total. The van der Waals surface area contributed by atoms with Crippen LogP contribution < -0.4 is 0 Å². The maximum Gasteiger partial charge on any atom is 0.308 e. The number of esters is 2. The molecule has 0 atom stereocenters. The Morgan fingerprint density at radius 1 is 0.375 bits per heavy atom. The predicted octanol–water partition coefficient (Wildman–Crippen LogP) is 2.59. The summed E-state index contributed by atoms with van der Waals surface area (Å²) in [6, 6.07) is 0.